The van der Waals surface area contributed by atoms with Crippen molar-refractivity contribution in [1.29, 1.82) is 0 Å². The molecule has 0 aliphatic heterocycles. The van der Waals surface area contributed by atoms with Crippen LogP contribution in [-0.2, 0) is 21.7 Å². The maximum absolute atomic E-state index is 0. The van der Waals surface area contributed by atoms with Gasteiger partial charge in [0.25, 0.3) is 0 Å². The summed E-state index contributed by atoms with van der Waals surface area (Å²) in [6.07, 6.45) is 0. The molecule has 0 unspecified atom stereocenters. The summed E-state index contributed by atoms with van der Waals surface area (Å²) in [4.78, 5) is 0. The third kappa shape index (κ3) is 71.9. The molecule has 0 aromatic carbocycles. The molecule has 0 rings (SSSR count). The largest absolute Gasteiger partial charge is 4.00 e. The Morgan fingerprint density at radius 3 is 0.500 bits per heavy atom. The van der Waals surface area contributed by atoms with Crippen LogP contribution < -0.4 is 0 Å². The second kappa shape index (κ2) is 133. The van der Waals surface area contributed by atoms with Crippen molar-refractivity contribution in [1.82, 2.24) is 0 Å². The summed E-state index contributed by atoms with van der Waals surface area (Å²) in [6.45, 7) is 0. The van der Waals surface area contributed by atoms with Gasteiger partial charge < -0.3 is 21.9 Å². The molecule has 0 amide bonds. The summed E-state index contributed by atoms with van der Waals surface area (Å²) in [5.41, 5.74) is 0. The Morgan fingerprint density at radius 1 is 0.500 bits per heavy atom. The smallest absolute Gasteiger partial charge is 0.870 e. The molecule has 0 aromatic heterocycles. The molecule has 6 heteroatoms. The van der Waals surface area contributed by atoms with Crippen molar-refractivity contribution < 1.29 is 43.6 Å². The molecule has 6 heavy (non-hydrogen) atoms. The average Bonchev–Trinajstić information content (AvgIpc) is 0. The van der Waals surface area contributed by atoms with Crippen LogP contribution in [0.2, 0.25) is 0 Å². The Kier molecular flexibility index (Phi) is 4940. The van der Waals surface area contributed by atoms with Crippen molar-refractivity contribution in [2.24, 2.45) is 0 Å². The Hall–Kier alpha value is 1.09. The van der Waals surface area contributed by atoms with Crippen molar-refractivity contribution in [2.75, 3.05) is 0 Å². The van der Waals surface area contributed by atoms with Gasteiger partial charge in [-0.25, -0.2) is 0 Å². The third-order valence-electron chi connectivity index (χ3n) is 0. The topological polar surface area (TPSA) is 120 Å². The summed E-state index contributed by atoms with van der Waals surface area (Å²) in [5.74, 6) is 0. The first kappa shape index (κ1) is 222. The van der Waals surface area contributed by atoms with Gasteiger partial charge in [0.05, 0.1) is 0 Å². The van der Waals surface area contributed by atoms with E-state index in [-0.39, 0.29) is 61.0 Å². The minimum Gasteiger partial charge on any atom is -0.870 e. The summed E-state index contributed by atoms with van der Waals surface area (Å²) < 4.78 is 0. The monoisotopic (exact) mass is 143 g/mol. The second-order valence-electron chi connectivity index (χ2n) is 0. The summed E-state index contributed by atoms with van der Waals surface area (Å²) >= 11 is 0. The number of hydrogen-bond donors (Lipinski definition) is 0. The first-order valence-electron chi connectivity index (χ1n) is 0. The van der Waals surface area contributed by atoms with Crippen LogP contribution in [0.15, 0.2) is 0 Å². The van der Waals surface area contributed by atoms with E-state index >= 15 is 0 Å². The Balaban J connectivity index is 0. The van der Waals surface area contributed by atoms with Crippen LogP contribution in [0.1, 0.15) is 0 Å². The molecular weight excluding hydrogens is 139 g/mol. The summed E-state index contributed by atoms with van der Waals surface area (Å²) in [5, 5.41) is 0. The van der Waals surface area contributed by atoms with E-state index < -0.39 is 0 Å². The molecule has 0 atom stereocenters. The first-order chi connectivity index (χ1) is 0. The van der Waals surface area contributed by atoms with Crippen molar-refractivity contribution in [3.63, 3.8) is 0 Å². The number of hydrogen-bond acceptors (Lipinski definition) is 4. The minimum atomic E-state index is 0. The number of rotatable bonds is 0. The zero-order chi connectivity index (χ0) is 0. The van der Waals surface area contributed by atoms with Crippen LogP contribution in [0.3, 0.4) is 0 Å². The quantitative estimate of drug-likeness (QED) is 0.399. The van der Waals surface area contributed by atoms with Gasteiger partial charge in [-0.2, -0.15) is 0 Å². The molecule has 0 saturated heterocycles. The van der Waals surface area contributed by atoms with E-state index in [0.717, 1.165) is 0 Å². The van der Waals surface area contributed by atoms with Crippen molar-refractivity contribution in [3.05, 3.63) is 0 Å². The molecule has 35 valence electrons. The molecule has 0 spiro atoms. The standard InChI is InChI=1S/Al.4H2O.Ti/h;4*1H2;/q;;;;;+4/p-4. The Labute approximate surface area is 61.2 Å². The molecule has 0 aliphatic carbocycles. The van der Waals surface area contributed by atoms with Gasteiger partial charge in [0.15, 0.2) is 0 Å². The molecule has 4 N–H and O–H groups in total. The maximum atomic E-state index is 0. The Morgan fingerprint density at radius 2 is 0.500 bits per heavy atom. The van der Waals surface area contributed by atoms with Crippen LogP contribution in [0, 0.1) is 0 Å². The molecule has 3 radical (unpaired) electrons. The molecular formula is H4AlO4Ti. The van der Waals surface area contributed by atoms with E-state index in [1.807, 2.05) is 0 Å². The van der Waals surface area contributed by atoms with E-state index in [1.54, 1.807) is 0 Å². The zero-order valence-corrected chi connectivity index (χ0v) is 5.58. The minimum absolute atomic E-state index is 0. The van der Waals surface area contributed by atoms with Crippen molar-refractivity contribution in [3.8, 4) is 0 Å². The Bertz CT molecular complexity index is 7.51. The maximum Gasteiger partial charge on any atom is 4.00 e. The first-order valence-corrected chi connectivity index (χ1v) is 0. The zero-order valence-electron chi connectivity index (χ0n) is 2.87. The fourth-order valence-corrected chi connectivity index (χ4v) is 0. The summed E-state index contributed by atoms with van der Waals surface area (Å²) in [7, 11) is 0. The van der Waals surface area contributed by atoms with Crippen molar-refractivity contribution >= 4 is 17.4 Å². The molecule has 0 bridgehead atoms. The molecule has 0 heterocycles. The van der Waals surface area contributed by atoms with Gasteiger partial charge in [-0.05, 0) is 0 Å². The van der Waals surface area contributed by atoms with Gasteiger partial charge in [0.1, 0.15) is 0 Å². The summed E-state index contributed by atoms with van der Waals surface area (Å²) in [6, 6.07) is 0. The third-order valence-corrected chi connectivity index (χ3v) is 0. The molecule has 4 nitrogen and oxygen atoms in total. The average molecular weight is 143 g/mol. The fraction of sp³-hybridized carbons (Fsp3) is 0. The van der Waals surface area contributed by atoms with Gasteiger partial charge in [-0.15, -0.1) is 0 Å². The fourth-order valence-electron chi connectivity index (χ4n) is 0. The van der Waals surface area contributed by atoms with Crippen LogP contribution in [0.4, 0.5) is 0 Å². The second-order valence-corrected chi connectivity index (χ2v) is 0. The van der Waals surface area contributed by atoms with E-state index in [9.17, 15) is 0 Å². The van der Waals surface area contributed by atoms with Crippen LogP contribution in [0.25, 0.3) is 0 Å². The van der Waals surface area contributed by atoms with E-state index in [2.05, 4.69) is 0 Å². The predicted octanol–water partition coefficient (Wildman–Crippen LogP) is -1.09. The molecule has 0 aliphatic rings. The van der Waals surface area contributed by atoms with Crippen LogP contribution >= 0.6 is 0 Å². The van der Waals surface area contributed by atoms with Gasteiger partial charge in [0, 0.05) is 17.4 Å². The molecule has 0 saturated carbocycles. The van der Waals surface area contributed by atoms with E-state index in [0.29, 0.717) is 0 Å². The van der Waals surface area contributed by atoms with Gasteiger partial charge in [0.2, 0.25) is 0 Å². The van der Waals surface area contributed by atoms with Crippen LogP contribution in [-0.4, -0.2) is 39.3 Å². The predicted molar refractivity (Wildman–Crippen MR) is 13.5 cm³/mol. The van der Waals surface area contributed by atoms with E-state index in [1.165, 1.54) is 0 Å². The van der Waals surface area contributed by atoms with Crippen molar-refractivity contribution in [2.45, 2.75) is 0 Å². The van der Waals surface area contributed by atoms with Crippen LogP contribution in [0.5, 0.6) is 0 Å². The van der Waals surface area contributed by atoms with Gasteiger partial charge in [-0.1, -0.05) is 0 Å². The SMILES string of the molecule is [Al].[OH-].[OH-].[OH-].[OH-].[Ti+4]. The van der Waals surface area contributed by atoms with Gasteiger partial charge >= 0.3 is 21.7 Å². The normalized spacial score (nSPS) is 0. The van der Waals surface area contributed by atoms with E-state index in [4.69, 9.17) is 0 Å². The molecule has 0 aromatic rings. The van der Waals surface area contributed by atoms with Gasteiger partial charge in [-0.3, -0.25) is 0 Å². The molecule has 0 fully saturated rings.